The number of benzene rings is 1. The Labute approximate surface area is 74.2 Å². The molecule has 0 saturated heterocycles. The summed E-state index contributed by atoms with van der Waals surface area (Å²) in [5.41, 5.74) is 0.599. The number of aromatic hydroxyl groups is 1. The molecule has 4 heteroatoms. The van der Waals surface area contributed by atoms with Crippen molar-refractivity contribution in [1.29, 1.82) is 0 Å². The molecule has 0 amide bonds. The summed E-state index contributed by atoms with van der Waals surface area (Å²) in [5.74, 6) is -1.14. The normalized spacial score (nSPS) is 9.83. The van der Waals surface area contributed by atoms with Crippen LogP contribution in [-0.4, -0.2) is 16.2 Å². The molecule has 0 aliphatic rings. The van der Waals surface area contributed by atoms with E-state index in [1.54, 1.807) is 6.92 Å². The van der Waals surface area contributed by atoms with Gasteiger partial charge in [-0.05, 0) is 24.6 Å². The summed E-state index contributed by atoms with van der Waals surface area (Å²) in [5, 5.41) is 17.8. The van der Waals surface area contributed by atoms with Crippen molar-refractivity contribution in [3.8, 4) is 5.75 Å². The molecule has 1 aromatic carbocycles. The van der Waals surface area contributed by atoms with E-state index in [0.29, 0.717) is 5.56 Å². The van der Waals surface area contributed by atoms with Gasteiger partial charge in [-0.3, -0.25) is 0 Å². The first-order valence-corrected chi connectivity index (χ1v) is 3.62. The van der Waals surface area contributed by atoms with Crippen molar-refractivity contribution in [2.45, 2.75) is 6.92 Å². The molecule has 0 heterocycles. The minimum absolute atomic E-state index is 0.0537. The summed E-state index contributed by atoms with van der Waals surface area (Å²) < 4.78 is 0. The highest BCUT2D eigenvalue weighted by molar-refractivity contribution is 6.32. The van der Waals surface area contributed by atoms with E-state index in [1.807, 2.05) is 0 Å². The van der Waals surface area contributed by atoms with Crippen molar-refractivity contribution in [2.75, 3.05) is 0 Å². The molecule has 0 atom stereocenters. The summed E-state index contributed by atoms with van der Waals surface area (Å²) in [7, 11) is 0. The van der Waals surface area contributed by atoms with Crippen LogP contribution in [0.15, 0.2) is 12.1 Å². The van der Waals surface area contributed by atoms with Crippen LogP contribution in [0.2, 0.25) is 5.02 Å². The van der Waals surface area contributed by atoms with Crippen LogP contribution < -0.4 is 0 Å². The number of phenolic OH excluding ortho intramolecular Hbond substituents is 1. The van der Waals surface area contributed by atoms with Crippen molar-refractivity contribution >= 4 is 17.6 Å². The molecule has 1 rings (SSSR count). The van der Waals surface area contributed by atoms with Crippen LogP contribution in [0.4, 0.5) is 0 Å². The van der Waals surface area contributed by atoms with Gasteiger partial charge in [-0.2, -0.15) is 0 Å². The number of carboxylic acids is 1. The molecule has 0 aliphatic carbocycles. The van der Waals surface area contributed by atoms with E-state index in [0.717, 1.165) is 0 Å². The molecular weight excluding hydrogens is 180 g/mol. The number of carbonyl (C=O) groups is 1. The van der Waals surface area contributed by atoms with Crippen LogP contribution in [0.3, 0.4) is 0 Å². The van der Waals surface area contributed by atoms with Crippen molar-refractivity contribution < 1.29 is 15.0 Å². The molecule has 0 aromatic heterocycles. The molecule has 3 nitrogen and oxygen atoms in total. The lowest BCUT2D eigenvalue weighted by Crippen LogP contribution is -1.99. The van der Waals surface area contributed by atoms with Gasteiger partial charge >= 0.3 is 5.97 Å². The molecule has 1 aromatic rings. The van der Waals surface area contributed by atoms with Gasteiger partial charge in [-0.25, -0.2) is 4.79 Å². The summed E-state index contributed by atoms with van der Waals surface area (Å²) in [6, 6.07) is 2.56. The second-order valence-electron chi connectivity index (χ2n) is 2.42. The van der Waals surface area contributed by atoms with Crippen LogP contribution in [0.25, 0.3) is 0 Å². The fourth-order valence-electron chi connectivity index (χ4n) is 0.897. The second kappa shape index (κ2) is 3.03. The van der Waals surface area contributed by atoms with Gasteiger partial charge in [0.2, 0.25) is 0 Å². The molecule has 12 heavy (non-hydrogen) atoms. The van der Waals surface area contributed by atoms with E-state index in [9.17, 15) is 4.79 Å². The maximum atomic E-state index is 10.5. The zero-order chi connectivity index (χ0) is 9.30. The molecule has 0 saturated carbocycles. The highest BCUT2D eigenvalue weighted by atomic mass is 35.5. The SMILES string of the molecule is Cc1cc(O)c(Cl)cc1C(=O)O. The summed E-state index contributed by atoms with van der Waals surface area (Å²) in [6.07, 6.45) is 0. The van der Waals surface area contributed by atoms with Crippen molar-refractivity contribution in [3.05, 3.63) is 28.3 Å². The molecule has 64 valence electrons. The quantitative estimate of drug-likeness (QED) is 0.706. The van der Waals surface area contributed by atoms with Crippen LogP contribution in [0.5, 0.6) is 5.75 Å². The van der Waals surface area contributed by atoms with Crippen molar-refractivity contribution in [2.24, 2.45) is 0 Å². The van der Waals surface area contributed by atoms with E-state index < -0.39 is 5.97 Å². The van der Waals surface area contributed by atoms with Crippen LogP contribution >= 0.6 is 11.6 Å². The molecule has 0 unspecified atom stereocenters. The molecule has 0 spiro atoms. The lowest BCUT2D eigenvalue weighted by molar-refractivity contribution is 0.0696. The Balaban J connectivity index is 3.33. The Bertz CT molecular complexity index is 333. The Kier molecular flexibility index (Phi) is 2.24. The van der Waals surface area contributed by atoms with Gasteiger partial charge in [0.25, 0.3) is 0 Å². The average Bonchev–Trinajstić information content (AvgIpc) is 1.96. The topological polar surface area (TPSA) is 57.5 Å². The first kappa shape index (κ1) is 8.87. The third-order valence-corrected chi connectivity index (χ3v) is 1.83. The minimum atomic E-state index is -1.05. The average molecular weight is 187 g/mol. The number of aryl methyl sites for hydroxylation is 1. The van der Waals surface area contributed by atoms with E-state index >= 15 is 0 Å². The Hall–Kier alpha value is -1.22. The van der Waals surface area contributed by atoms with Gasteiger partial charge in [0.05, 0.1) is 10.6 Å². The molecule has 0 radical (unpaired) electrons. The fraction of sp³-hybridized carbons (Fsp3) is 0.125. The Morgan fingerprint density at radius 1 is 1.50 bits per heavy atom. The van der Waals surface area contributed by atoms with E-state index in [4.69, 9.17) is 21.8 Å². The Morgan fingerprint density at radius 2 is 2.08 bits per heavy atom. The monoisotopic (exact) mass is 186 g/mol. The minimum Gasteiger partial charge on any atom is -0.506 e. The summed E-state index contributed by atoms with van der Waals surface area (Å²) in [6.45, 7) is 1.60. The Morgan fingerprint density at radius 3 is 2.58 bits per heavy atom. The lowest BCUT2D eigenvalue weighted by Gasteiger charge is -2.02. The van der Waals surface area contributed by atoms with Gasteiger partial charge in [-0.15, -0.1) is 0 Å². The molecule has 2 N–H and O–H groups in total. The van der Waals surface area contributed by atoms with Crippen LogP contribution in [-0.2, 0) is 0 Å². The number of carboxylic acid groups (broad SMARTS) is 1. The van der Waals surface area contributed by atoms with E-state index in [2.05, 4.69) is 0 Å². The van der Waals surface area contributed by atoms with Gasteiger partial charge in [0.1, 0.15) is 5.75 Å². The van der Waals surface area contributed by atoms with E-state index in [-0.39, 0.29) is 16.3 Å². The number of rotatable bonds is 1. The number of hydrogen-bond acceptors (Lipinski definition) is 2. The van der Waals surface area contributed by atoms with Gasteiger partial charge in [0, 0.05) is 0 Å². The first-order chi connectivity index (χ1) is 5.52. The van der Waals surface area contributed by atoms with Gasteiger partial charge in [-0.1, -0.05) is 11.6 Å². The van der Waals surface area contributed by atoms with Gasteiger partial charge < -0.3 is 10.2 Å². The lowest BCUT2D eigenvalue weighted by atomic mass is 10.1. The molecule has 0 aliphatic heterocycles. The fourth-order valence-corrected chi connectivity index (χ4v) is 1.06. The predicted molar refractivity (Wildman–Crippen MR) is 44.8 cm³/mol. The third kappa shape index (κ3) is 1.51. The highest BCUT2D eigenvalue weighted by Gasteiger charge is 2.09. The first-order valence-electron chi connectivity index (χ1n) is 3.25. The maximum Gasteiger partial charge on any atom is 0.336 e. The predicted octanol–water partition coefficient (Wildman–Crippen LogP) is 2.05. The second-order valence-corrected chi connectivity index (χ2v) is 2.83. The number of halogens is 1. The zero-order valence-corrected chi connectivity index (χ0v) is 7.09. The zero-order valence-electron chi connectivity index (χ0n) is 6.34. The van der Waals surface area contributed by atoms with Crippen LogP contribution in [0.1, 0.15) is 15.9 Å². The molecule has 0 fully saturated rings. The molecular formula is C8H7ClO3. The highest BCUT2D eigenvalue weighted by Crippen LogP contribution is 2.26. The number of aromatic carboxylic acids is 1. The number of hydrogen-bond donors (Lipinski definition) is 2. The standard InChI is InChI=1S/C8H7ClO3/c1-4-2-7(10)6(9)3-5(4)8(11)12/h2-3,10H,1H3,(H,11,12). The van der Waals surface area contributed by atoms with Crippen molar-refractivity contribution in [1.82, 2.24) is 0 Å². The third-order valence-electron chi connectivity index (χ3n) is 1.52. The maximum absolute atomic E-state index is 10.5. The van der Waals surface area contributed by atoms with Gasteiger partial charge in [0.15, 0.2) is 0 Å². The smallest absolute Gasteiger partial charge is 0.336 e. The largest absolute Gasteiger partial charge is 0.506 e. The van der Waals surface area contributed by atoms with E-state index in [1.165, 1.54) is 12.1 Å². The van der Waals surface area contributed by atoms with Crippen molar-refractivity contribution in [3.63, 3.8) is 0 Å². The number of phenols is 1. The van der Waals surface area contributed by atoms with Crippen LogP contribution in [0, 0.1) is 6.92 Å². The molecule has 0 bridgehead atoms. The summed E-state index contributed by atoms with van der Waals surface area (Å²) >= 11 is 5.52. The summed E-state index contributed by atoms with van der Waals surface area (Å²) in [4.78, 5) is 10.5.